The Morgan fingerprint density at radius 3 is 2.50 bits per heavy atom. The van der Waals surface area contributed by atoms with Gasteiger partial charge in [-0.3, -0.25) is 4.79 Å². The van der Waals surface area contributed by atoms with Gasteiger partial charge in [-0.15, -0.1) is 0 Å². The van der Waals surface area contributed by atoms with Crippen LogP contribution in [0.2, 0.25) is 0 Å². The first-order valence-electron chi connectivity index (χ1n) is 4.69. The minimum absolute atomic E-state index is 0.130. The molecule has 0 radical (unpaired) electrons. The zero-order valence-corrected chi connectivity index (χ0v) is 8.64. The fourth-order valence-electron chi connectivity index (χ4n) is 1.80. The minimum Gasteiger partial charge on any atom is -0.360 e. The van der Waals surface area contributed by atoms with Gasteiger partial charge in [-0.1, -0.05) is 6.07 Å². The van der Waals surface area contributed by atoms with Gasteiger partial charge in [-0.2, -0.15) is 0 Å². The third kappa shape index (κ3) is 1.23. The zero-order valence-electron chi connectivity index (χ0n) is 8.64. The summed E-state index contributed by atoms with van der Waals surface area (Å²) >= 11 is 0. The van der Waals surface area contributed by atoms with Crippen molar-refractivity contribution in [1.29, 1.82) is 0 Å². The molecular formula is C12H13NO. The molecule has 0 spiro atoms. The van der Waals surface area contributed by atoms with E-state index in [-0.39, 0.29) is 5.43 Å². The molecule has 0 unspecified atom stereocenters. The Morgan fingerprint density at radius 2 is 1.79 bits per heavy atom. The summed E-state index contributed by atoms with van der Waals surface area (Å²) in [6.07, 6.45) is 1.77. The second kappa shape index (κ2) is 2.98. The van der Waals surface area contributed by atoms with Crippen molar-refractivity contribution < 1.29 is 0 Å². The summed E-state index contributed by atoms with van der Waals surface area (Å²) in [6, 6.07) is 4.02. The highest BCUT2D eigenvalue weighted by molar-refractivity contribution is 5.82. The predicted octanol–water partition coefficient (Wildman–Crippen LogP) is 2.45. The van der Waals surface area contributed by atoms with E-state index in [1.165, 1.54) is 0 Å². The lowest BCUT2D eigenvalue weighted by Crippen LogP contribution is -2.07. The van der Waals surface area contributed by atoms with Gasteiger partial charge in [0.2, 0.25) is 0 Å². The van der Waals surface area contributed by atoms with Crippen molar-refractivity contribution in [3.05, 3.63) is 45.2 Å². The van der Waals surface area contributed by atoms with Crippen LogP contribution in [0.25, 0.3) is 10.9 Å². The summed E-state index contributed by atoms with van der Waals surface area (Å²) in [7, 11) is 0. The van der Waals surface area contributed by atoms with Gasteiger partial charge in [0, 0.05) is 17.1 Å². The molecule has 1 aromatic heterocycles. The van der Waals surface area contributed by atoms with E-state index < -0.39 is 0 Å². The maximum Gasteiger partial charge on any atom is 0.192 e. The molecule has 0 saturated heterocycles. The van der Waals surface area contributed by atoms with Crippen LogP contribution in [0.15, 0.2) is 23.1 Å². The molecule has 1 aromatic carbocycles. The van der Waals surface area contributed by atoms with E-state index in [9.17, 15) is 4.79 Å². The summed E-state index contributed by atoms with van der Waals surface area (Å²) in [5.41, 5.74) is 4.10. The fraction of sp³-hybridized carbons (Fsp3) is 0.250. The lowest BCUT2D eigenvalue weighted by atomic mass is 10.1. The smallest absolute Gasteiger partial charge is 0.192 e. The van der Waals surface area contributed by atoms with Gasteiger partial charge in [-0.25, -0.2) is 0 Å². The molecular weight excluding hydrogens is 174 g/mol. The number of pyridine rings is 1. The van der Waals surface area contributed by atoms with E-state index in [2.05, 4.69) is 11.1 Å². The summed E-state index contributed by atoms with van der Waals surface area (Å²) in [4.78, 5) is 15.0. The van der Waals surface area contributed by atoms with Crippen LogP contribution in [-0.2, 0) is 0 Å². The first kappa shape index (κ1) is 9.00. The molecule has 1 heterocycles. The number of benzene rings is 1. The molecule has 2 aromatic rings. The molecule has 2 rings (SSSR count). The second-order valence-corrected chi connectivity index (χ2v) is 3.81. The fourth-order valence-corrected chi connectivity index (χ4v) is 1.80. The van der Waals surface area contributed by atoms with Gasteiger partial charge in [0.25, 0.3) is 0 Å². The maximum absolute atomic E-state index is 11.8. The highest BCUT2D eigenvalue weighted by atomic mass is 16.1. The van der Waals surface area contributed by atoms with Crippen LogP contribution < -0.4 is 5.43 Å². The van der Waals surface area contributed by atoms with Crippen LogP contribution in [-0.4, -0.2) is 4.98 Å². The van der Waals surface area contributed by atoms with Crippen LogP contribution in [0.1, 0.15) is 16.7 Å². The molecule has 0 aliphatic rings. The largest absolute Gasteiger partial charge is 0.360 e. The van der Waals surface area contributed by atoms with Crippen LogP contribution in [0.3, 0.4) is 0 Å². The third-order valence-electron chi connectivity index (χ3n) is 2.52. The summed E-state index contributed by atoms with van der Waals surface area (Å²) < 4.78 is 0. The number of aromatic nitrogens is 1. The molecule has 1 N–H and O–H groups in total. The lowest BCUT2D eigenvalue weighted by Gasteiger charge is -2.04. The molecule has 72 valence electrons. The molecule has 14 heavy (non-hydrogen) atoms. The first-order valence-corrected chi connectivity index (χ1v) is 4.69. The van der Waals surface area contributed by atoms with E-state index in [1.807, 2.05) is 26.8 Å². The molecule has 0 saturated carbocycles. The minimum atomic E-state index is 0.130. The van der Waals surface area contributed by atoms with Gasteiger partial charge in [0.15, 0.2) is 5.43 Å². The number of fused-ring (bicyclic) bond motifs is 1. The van der Waals surface area contributed by atoms with E-state index in [0.29, 0.717) is 0 Å². The highest BCUT2D eigenvalue weighted by Crippen LogP contribution is 2.15. The summed E-state index contributed by atoms with van der Waals surface area (Å²) in [6.45, 7) is 5.85. The van der Waals surface area contributed by atoms with Crippen molar-refractivity contribution in [3.63, 3.8) is 0 Å². The Balaban J connectivity index is 3.03. The number of hydrogen-bond acceptors (Lipinski definition) is 1. The standard InChI is InChI=1S/C12H13NO/c1-7-4-8(2)11-10(5-7)12(14)9(3)6-13-11/h4-6H,1-3H3,(H,13,14). The molecule has 2 nitrogen and oxygen atoms in total. The number of hydrogen-bond donors (Lipinski definition) is 1. The Morgan fingerprint density at radius 1 is 1.07 bits per heavy atom. The van der Waals surface area contributed by atoms with Crippen LogP contribution in [0.5, 0.6) is 0 Å². The Hall–Kier alpha value is -1.57. The van der Waals surface area contributed by atoms with E-state index in [0.717, 1.165) is 27.6 Å². The van der Waals surface area contributed by atoms with E-state index >= 15 is 0 Å². The molecule has 0 atom stereocenters. The molecule has 2 heteroatoms. The van der Waals surface area contributed by atoms with Crippen molar-refractivity contribution in [2.45, 2.75) is 20.8 Å². The number of H-pyrrole nitrogens is 1. The van der Waals surface area contributed by atoms with E-state index in [1.54, 1.807) is 6.20 Å². The third-order valence-corrected chi connectivity index (χ3v) is 2.52. The Kier molecular flexibility index (Phi) is 1.92. The maximum atomic E-state index is 11.8. The van der Waals surface area contributed by atoms with Gasteiger partial charge < -0.3 is 4.98 Å². The van der Waals surface area contributed by atoms with E-state index in [4.69, 9.17) is 0 Å². The summed E-state index contributed by atoms with van der Waals surface area (Å²) in [5, 5.41) is 0.794. The van der Waals surface area contributed by atoms with Crippen LogP contribution in [0, 0.1) is 20.8 Å². The molecule has 0 aliphatic heterocycles. The topological polar surface area (TPSA) is 32.9 Å². The Bertz CT molecular complexity index is 552. The number of aromatic amines is 1. The van der Waals surface area contributed by atoms with Gasteiger partial charge in [0.1, 0.15) is 0 Å². The average molecular weight is 187 g/mol. The average Bonchev–Trinajstić information content (AvgIpc) is 2.12. The van der Waals surface area contributed by atoms with Crippen molar-refractivity contribution in [2.24, 2.45) is 0 Å². The van der Waals surface area contributed by atoms with Crippen LogP contribution in [0.4, 0.5) is 0 Å². The van der Waals surface area contributed by atoms with Crippen molar-refractivity contribution in [2.75, 3.05) is 0 Å². The van der Waals surface area contributed by atoms with Gasteiger partial charge in [0.05, 0.1) is 5.52 Å². The number of rotatable bonds is 0. The predicted molar refractivity (Wildman–Crippen MR) is 58.8 cm³/mol. The number of nitrogens with one attached hydrogen (secondary N) is 1. The highest BCUT2D eigenvalue weighted by Gasteiger charge is 2.04. The van der Waals surface area contributed by atoms with Crippen molar-refractivity contribution in [1.82, 2.24) is 4.98 Å². The second-order valence-electron chi connectivity index (χ2n) is 3.81. The molecule has 0 aliphatic carbocycles. The van der Waals surface area contributed by atoms with Gasteiger partial charge in [-0.05, 0) is 38.0 Å². The lowest BCUT2D eigenvalue weighted by molar-refractivity contribution is 1.27. The number of aryl methyl sites for hydroxylation is 3. The normalized spacial score (nSPS) is 10.8. The quantitative estimate of drug-likeness (QED) is 0.675. The van der Waals surface area contributed by atoms with Gasteiger partial charge >= 0.3 is 0 Å². The van der Waals surface area contributed by atoms with Crippen molar-refractivity contribution >= 4 is 10.9 Å². The molecule has 0 bridgehead atoms. The SMILES string of the molecule is Cc1cc(C)c2[nH]cc(C)c(=O)c2c1. The van der Waals surface area contributed by atoms with Crippen LogP contribution >= 0.6 is 0 Å². The monoisotopic (exact) mass is 187 g/mol. The molecule has 0 amide bonds. The first-order chi connectivity index (χ1) is 6.59. The molecule has 0 fully saturated rings. The zero-order chi connectivity index (χ0) is 10.3. The van der Waals surface area contributed by atoms with Crippen molar-refractivity contribution in [3.8, 4) is 0 Å². The Labute approximate surface area is 82.6 Å². The summed E-state index contributed by atoms with van der Waals surface area (Å²) in [5.74, 6) is 0.